The van der Waals surface area contributed by atoms with Gasteiger partial charge in [0.2, 0.25) is 27.9 Å². The van der Waals surface area contributed by atoms with Crippen LogP contribution in [0.2, 0.25) is 0 Å². The summed E-state index contributed by atoms with van der Waals surface area (Å²) >= 11 is 0. The average Bonchev–Trinajstić information content (AvgIpc) is 1.73. The first kappa shape index (κ1) is 62.8. The van der Waals surface area contributed by atoms with Crippen molar-refractivity contribution in [1.82, 2.24) is 48.0 Å². The molecule has 20 nitrogen and oxygen atoms in total. The fourth-order valence-corrected chi connectivity index (χ4v) is 12.4. The number of amides is 1. The first-order valence-electron chi connectivity index (χ1n) is 30.2. The molecule has 0 unspecified atom stereocenters. The van der Waals surface area contributed by atoms with Gasteiger partial charge in [-0.2, -0.15) is 0 Å². The Morgan fingerprint density at radius 3 is 1.22 bits per heavy atom. The number of nitrogens with one attached hydrogen (secondary N) is 3. The number of benzene rings is 6. The maximum atomic E-state index is 14.8. The summed E-state index contributed by atoms with van der Waals surface area (Å²) in [5.41, 5.74) is 12.0. The van der Waals surface area contributed by atoms with Gasteiger partial charge in [0.15, 0.2) is 0 Å². The van der Waals surface area contributed by atoms with E-state index in [9.17, 15) is 35.2 Å². The van der Waals surface area contributed by atoms with Crippen LogP contribution in [0.1, 0.15) is 60.8 Å². The summed E-state index contributed by atoms with van der Waals surface area (Å²) in [5.74, 6) is 0.139. The fraction of sp³-hybridized carbons (Fsp3) is 0.203. The number of aryl methyl sites for hydroxylation is 3. The van der Waals surface area contributed by atoms with E-state index in [1.54, 1.807) is 58.5 Å². The number of ether oxygens (including phenoxy) is 3. The average molecular weight is 1310 g/mol. The first-order chi connectivity index (χ1) is 45.8. The van der Waals surface area contributed by atoms with Gasteiger partial charge in [0.25, 0.3) is 5.91 Å². The van der Waals surface area contributed by atoms with E-state index in [2.05, 4.69) is 45.9 Å². The third-order valence-electron chi connectivity index (χ3n) is 16.5. The van der Waals surface area contributed by atoms with Gasteiger partial charge >= 0.3 is 0 Å². The van der Waals surface area contributed by atoms with Gasteiger partial charge in [0, 0.05) is 140 Å². The SMILES string of the molecule is Cc1cn2c(NCc3c(F)ccc4c3CCO4)ncc(-c3cc(F)c(C(=O)N(C)C)c(F)c3)c2n1.Cc1cn2c(NCc3c(F)ccc4c3CCO4)ncc(-c3ccc(S(N)(=O)=O)cc3)c2n1.Cc1cn2c(NCc3c(F)ccc4c3CCO4)ncc(-c3ccccc3)c2n1. The molecule has 6 aromatic heterocycles. The number of carbonyl (C=O) groups excluding carboxylic acids is 1. The molecule has 26 heteroatoms. The van der Waals surface area contributed by atoms with Crippen molar-refractivity contribution in [3.05, 3.63) is 225 Å². The fourth-order valence-electron chi connectivity index (χ4n) is 11.9. The van der Waals surface area contributed by atoms with Gasteiger partial charge in [0.05, 0.1) is 41.8 Å². The second kappa shape index (κ2) is 25.8. The minimum atomic E-state index is -3.77. The van der Waals surface area contributed by atoms with E-state index in [0.717, 1.165) is 90.9 Å². The molecule has 0 fully saturated rings. The molecule has 6 aromatic carbocycles. The van der Waals surface area contributed by atoms with Crippen molar-refractivity contribution in [2.75, 3.05) is 49.9 Å². The molecule has 484 valence electrons. The molecule has 0 radical (unpaired) electrons. The minimum Gasteiger partial charge on any atom is -0.493 e. The lowest BCUT2D eigenvalue weighted by Crippen LogP contribution is -2.24. The number of hydrogen-bond donors (Lipinski definition) is 4. The smallest absolute Gasteiger partial charge is 0.259 e. The Kier molecular flexibility index (Phi) is 17.1. The van der Waals surface area contributed by atoms with E-state index in [1.165, 1.54) is 50.6 Å². The second-order valence-electron chi connectivity index (χ2n) is 23.0. The quantitative estimate of drug-likeness (QED) is 0.0741. The van der Waals surface area contributed by atoms with Crippen LogP contribution in [-0.2, 0) is 48.9 Å². The molecule has 12 aromatic rings. The van der Waals surface area contributed by atoms with Crippen molar-refractivity contribution in [2.45, 2.75) is 64.6 Å². The number of nitrogens with zero attached hydrogens (tertiary/aromatic N) is 10. The summed E-state index contributed by atoms with van der Waals surface area (Å²) < 4.78 is 118. The molecule has 5 N–H and O–H groups in total. The Hall–Kier alpha value is -11.0. The summed E-state index contributed by atoms with van der Waals surface area (Å²) in [7, 11) is -0.933. The summed E-state index contributed by atoms with van der Waals surface area (Å²) in [6.07, 6.45) is 12.4. The van der Waals surface area contributed by atoms with E-state index in [0.29, 0.717) is 102 Å². The van der Waals surface area contributed by atoms with Crippen molar-refractivity contribution >= 4 is 50.7 Å². The second-order valence-corrected chi connectivity index (χ2v) is 24.6. The number of anilines is 3. The highest BCUT2D eigenvalue weighted by Crippen LogP contribution is 2.36. The van der Waals surface area contributed by atoms with Gasteiger partial charge in [-0.05, 0) is 98.1 Å². The number of nitrogens with two attached hydrogens (primary N) is 1. The molecule has 3 aliphatic rings. The van der Waals surface area contributed by atoms with Crippen LogP contribution >= 0.6 is 0 Å². The Balaban J connectivity index is 0.000000130. The van der Waals surface area contributed by atoms with Crippen LogP contribution in [0, 0.1) is 49.9 Å². The minimum absolute atomic E-state index is 0.0319. The number of hydrogen-bond acceptors (Lipinski definition) is 15. The molecule has 3 aliphatic heterocycles. The number of imidazole rings is 3. The van der Waals surface area contributed by atoms with Gasteiger partial charge in [0.1, 0.15) is 68.8 Å². The Labute approximate surface area is 541 Å². The van der Waals surface area contributed by atoms with Crippen molar-refractivity contribution in [3.63, 3.8) is 0 Å². The molecular weight excluding hydrogens is 1250 g/mol. The number of fused-ring (bicyclic) bond motifs is 6. The van der Waals surface area contributed by atoms with Crippen LogP contribution in [-0.4, -0.2) is 96.2 Å². The van der Waals surface area contributed by atoms with Gasteiger partial charge in [-0.1, -0.05) is 42.5 Å². The maximum Gasteiger partial charge on any atom is 0.259 e. The predicted octanol–water partition coefficient (Wildman–Crippen LogP) is 11.8. The first-order valence-corrected chi connectivity index (χ1v) is 31.8. The molecule has 15 rings (SSSR count). The molecule has 0 aliphatic carbocycles. The highest BCUT2D eigenvalue weighted by molar-refractivity contribution is 7.89. The van der Waals surface area contributed by atoms with Crippen molar-refractivity contribution in [2.24, 2.45) is 5.14 Å². The molecular formula is C69H61F5N14O6S. The van der Waals surface area contributed by atoms with Crippen molar-refractivity contribution < 1.29 is 49.4 Å². The van der Waals surface area contributed by atoms with Crippen LogP contribution in [0.3, 0.4) is 0 Å². The summed E-state index contributed by atoms with van der Waals surface area (Å²) in [4.78, 5) is 40.6. The van der Waals surface area contributed by atoms with E-state index in [-0.39, 0.29) is 41.0 Å². The number of carbonyl (C=O) groups is 1. The van der Waals surface area contributed by atoms with E-state index >= 15 is 0 Å². The maximum absolute atomic E-state index is 14.8. The van der Waals surface area contributed by atoms with Gasteiger partial charge in [-0.25, -0.2) is 65.4 Å². The van der Waals surface area contributed by atoms with Gasteiger partial charge in [-0.3, -0.25) is 18.0 Å². The predicted molar refractivity (Wildman–Crippen MR) is 348 cm³/mol. The van der Waals surface area contributed by atoms with Crippen LogP contribution < -0.4 is 35.3 Å². The van der Waals surface area contributed by atoms with Crippen LogP contribution in [0.15, 0.2) is 145 Å². The Bertz CT molecular complexity index is 5080. The van der Waals surface area contributed by atoms with Gasteiger partial charge in [-0.15, -0.1) is 0 Å². The Morgan fingerprint density at radius 2 is 0.863 bits per heavy atom. The summed E-state index contributed by atoms with van der Waals surface area (Å²) in [6, 6.07) is 27.7. The normalized spacial score (nSPS) is 12.8. The lowest BCUT2D eigenvalue weighted by molar-refractivity contribution is 0.0818. The zero-order valence-corrected chi connectivity index (χ0v) is 52.8. The van der Waals surface area contributed by atoms with E-state index < -0.39 is 33.1 Å². The lowest BCUT2D eigenvalue weighted by Gasteiger charge is -2.14. The standard InChI is InChI=1S/C25H22F3N5O2.C22H20FN5O3S.C22H19FN4O/c1-13-12-33-23(31-13)16(14-8-19(27)22(20(28)9-14)24(34)32(2)3)10-29-25(33)30-11-17-15-6-7-35-21(15)5-4-18(17)26;1-13-12-28-21(27-13)17(14-2-4-15(5-3-14)32(24,29)30)10-25-22(28)26-11-18-16-8-9-31-20(16)7-6-19(18)23;1-14-13-27-21(26-14)17(15-5-3-2-4-6-15)11-24-22(27)25-12-18-16-9-10-28-20(16)8-7-19(18)23/h4-5,8-10,12H,6-7,11H2,1-3H3,(H,29,30);2-7,10,12H,8-9,11H2,1H3,(H,25,26)(H2,24,29,30);2-8,11,13H,9-10,12H2,1H3,(H,24,25). The van der Waals surface area contributed by atoms with E-state index in [4.69, 9.17) is 19.3 Å². The number of halogens is 5. The molecule has 0 bridgehead atoms. The molecule has 95 heavy (non-hydrogen) atoms. The summed E-state index contributed by atoms with van der Waals surface area (Å²) in [5, 5.41) is 14.8. The van der Waals surface area contributed by atoms with Gasteiger partial charge < -0.3 is 35.1 Å². The molecule has 0 saturated heterocycles. The largest absolute Gasteiger partial charge is 0.493 e. The van der Waals surface area contributed by atoms with Crippen LogP contribution in [0.25, 0.3) is 50.3 Å². The number of aromatic nitrogens is 9. The third-order valence-corrected chi connectivity index (χ3v) is 17.4. The molecule has 9 heterocycles. The summed E-state index contributed by atoms with van der Waals surface area (Å²) in [6.45, 7) is 8.01. The molecule has 0 spiro atoms. The highest BCUT2D eigenvalue weighted by Gasteiger charge is 2.26. The lowest BCUT2D eigenvalue weighted by atomic mass is 10.0. The van der Waals surface area contributed by atoms with Crippen molar-refractivity contribution in [1.29, 1.82) is 0 Å². The molecule has 1 amide bonds. The topological polar surface area (TPSA) is 235 Å². The zero-order valence-electron chi connectivity index (χ0n) is 51.9. The molecule has 0 saturated carbocycles. The number of sulfonamides is 1. The van der Waals surface area contributed by atoms with Crippen LogP contribution in [0.4, 0.5) is 39.8 Å². The molecule has 0 atom stereocenters. The Morgan fingerprint density at radius 1 is 0.505 bits per heavy atom. The van der Waals surface area contributed by atoms with Crippen LogP contribution in [0.5, 0.6) is 17.2 Å². The highest BCUT2D eigenvalue weighted by atomic mass is 32.2. The third kappa shape index (κ3) is 12.6. The zero-order chi connectivity index (χ0) is 66.4. The number of rotatable bonds is 14. The number of primary sulfonamides is 1. The monoisotopic (exact) mass is 1310 g/mol. The van der Waals surface area contributed by atoms with E-state index in [1.807, 2.05) is 67.2 Å². The van der Waals surface area contributed by atoms with Crippen molar-refractivity contribution in [3.8, 4) is 50.6 Å².